The molecular formula is C27H53ClN4O3S. The van der Waals surface area contributed by atoms with Crippen LogP contribution in [-0.2, 0) is 15.8 Å². The molecule has 0 bridgehead atoms. The summed E-state index contributed by atoms with van der Waals surface area (Å²) in [4.78, 5) is 14.3. The third kappa shape index (κ3) is 15.9. The molecular weight excluding hydrogens is 496 g/mol. The quantitative estimate of drug-likeness (QED) is 0.450. The highest BCUT2D eigenvalue weighted by Gasteiger charge is 2.24. The molecule has 0 aromatic carbocycles. The van der Waals surface area contributed by atoms with Gasteiger partial charge in [-0.2, -0.15) is 0 Å². The summed E-state index contributed by atoms with van der Waals surface area (Å²) in [7, 11) is 1.13. The second-order valence-electron chi connectivity index (χ2n) is 8.34. The van der Waals surface area contributed by atoms with Crippen LogP contribution < -0.4 is 5.32 Å². The molecule has 2 fully saturated rings. The summed E-state index contributed by atoms with van der Waals surface area (Å²) in [5.74, 6) is 0. The number of hydrogen-bond donors (Lipinski definition) is 2. The number of hydrogen-bond acceptors (Lipinski definition) is 5. The van der Waals surface area contributed by atoms with Gasteiger partial charge < -0.3 is 15.3 Å². The topological polar surface area (TPSA) is 76.1 Å². The number of nitrogens with zero attached hydrogens (tertiary/aromatic N) is 3. The summed E-state index contributed by atoms with van der Waals surface area (Å²) in [5.41, 5.74) is 0. The SMILES string of the molecule is CC.CC.CCCN(C(C)C)S(=O)C1=CCC=C(Cl)C=C1.CN1CCN(C2CCNC2)CC1.O=CO. The van der Waals surface area contributed by atoms with Crippen molar-refractivity contribution in [2.24, 2.45) is 0 Å². The highest BCUT2D eigenvalue weighted by atomic mass is 35.5. The number of likely N-dealkylation sites (N-methyl/N-ethyl adjacent to an activating group) is 1. The molecule has 1 aliphatic carbocycles. The number of carboxylic acid groups (broad SMARTS) is 1. The van der Waals surface area contributed by atoms with Crippen LogP contribution in [0.2, 0.25) is 0 Å². The molecule has 2 aliphatic heterocycles. The fourth-order valence-electron chi connectivity index (χ4n) is 3.74. The van der Waals surface area contributed by atoms with E-state index < -0.39 is 11.0 Å². The van der Waals surface area contributed by atoms with E-state index in [1.807, 2.05) is 56.3 Å². The molecule has 36 heavy (non-hydrogen) atoms. The third-order valence-corrected chi connectivity index (χ3v) is 7.58. The van der Waals surface area contributed by atoms with E-state index in [4.69, 9.17) is 21.5 Å². The lowest BCUT2D eigenvalue weighted by Crippen LogP contribution is -2.49. The molecule has 0 radical (unpaired) electrons. The van der Waals surface area contributed by atoms with E-state index in [1.54, 1.807) is 0 Å². The normalized spacial score (nSPS) is 20.6. The number of allylic oxidation sites excluding steroid dienone is 5. The van der Waals surface area contributed by atoms with Crippen LogP contribution in [0.3, 0.4) is 0 Å². The highest BCUT2D eigenvalue weighted by Crippen LogP contribution is 2.19. The van der Waals surface area contributed by atoms with E-state index in [-0.39, 0.29) is 12.5 Å². The van der Waals surface area contributed by atoms with Gasteiger partial charge in [-0.05, 0) is 58.9 Å². The number of piperazine rings is 1. The average Bonchev–Trinajstić information content (AvgIpc) is 3.34. The van der Waals surface area contributed by atoms with E-state index in [1.165, 1.54) is 45.7 Å². The molecule has 2 heterocycles. The number of halogens is 1. The van der Waals surface area contributed by atoms with Crippen molar-refractivity contribution in [3.63, 3.8) is 0 Å². The Morgan fingerprint density at radius 2 is 1.75 bits per heavy atom. The minimum absolute atomic E-state index is 0.250. The molecule has 0 saturated carbocycles. The van der Waals surface area contributed by atoms with Gasteiger partial charge in [-0.15, -0.1) is 0 Å². The van der Waals surface area contributed by atoms with Crippen LogP contribution in [0.15, 0.2) is 34.2 Å². The molecule has 0 aromatic rings. The molecule has 3 rings (SSSR count). The summed E-state index contributed by atoms with van der Waals surface area (Å²) in [6, 6.07) is 1.11. The first kappa shape index (κ1) is 37.1. The van der Waals surface area contributed by atoms with E-state index >= 15 is 0 Å². The van der Waals surface area contributed by atoms with Gasteiger partial charge in [0.25, 0.3) is 6.47 Å². The van der Waals surface area contributed by atoms with Crippen molar-refractivity contribution in [3.05, 3.63) is 34.2 Å². The summed E-state index contributed by atoms with van der Waals surface area (Å²) in [6.07, 6.45) is 10.7. The summed E-state index contributed by atoms with van der Waals surface area (Å²) >= 11 is 5.92. The van der Waals surface area contributed by atoms with E-state index in [9.17, 15) is 4.21 Å². The molecule has 7 nitrogen and oxygen atoms in total. The smallest absolute Gasteiger partial charge is 0.290 e. The summed E-state index contributed by atoms with van der Waals surface area (Å²) in [5, 5.41) is 11.0. The molecule has 0 aromatic heterocycles. The lowest BCUT2D eigenvalue weighted by molar-refractivity contribution is -0.122. The summed E-state index contributed by atoms with van der Waals surface area (Å²) in [6.45, 7) is 22.3. The molecule has 2 atom stereocenters. The second kappa shape index (κ2) is 24.3. The Morgan fingerprint density at radius 3 is 2.22 bits per heavy atom. The van der Waals surface area contributed by atoms with Crippen molar-refractivity contribution in [3.8, 4) is 0 Å². The molecule has 0 amide bonds. The van der Waals surface area contributed by atoms with Crippen LogP contribution in [0.25, 0.3) is 0 Å². The van der Waals surface area contributed by atoms with Crippen molar-refractivity contribution in [2.45, 2.75) is 79.8 Å². The minimum atomic E-state index is -1.08. The van der Waals surface area contributed by atoms with Crippen molar-refractivity contribution < 1.29 is 14.1 Å². The minimum Gasteiger partial charge on any atom is -0.483 e. The van der Waals surface area contributed by atoms with Gasteiger partial charge >= 0.3 is 0 Å². The van der Waals surface area contributed by atoms with E-state index in [0.717, 1.165) is 30.3 Å². The molecule has 212 valence electrons. The van der Waals surface area contributed by atoms with E-state index in [2.05, 4.69) is 42.9 Å². The average molecular weight is 549 g/mol. The predicted molar refractivity (Wildman–Crippen MR) is 158 cm³/mol. The predicted octanol–water partition coefficient (Wildman–Crippen LogP) is 5.09. The molecule has 3 aliphatic rings. The van der Waals surface area contributed by atoms with Gasteiger partial charge in [0.15, 0.2) is 0 Å². The van der Waals surface area contributed by atoms with Gasteiger partial charge in [-0.1, -0.05) is 58.4 Å². The van der Waals surface area contributed by atoms with Crippen molar-refractivity contribution in [1.82, 2.24) is 19.4 Å². The fraction of sp³-hybridized carbons (Fsp3) is 0.741. The molecule has 0 spiro atoms. The molecule has 2 saturated heterocycles. The number of rotatable bonds is 6. The lowest BCUT2D eigenvalue weighted by atomic mass is 10.2. The second-order valence-corrected chi connectivity index (χ2v) is 10.2. The van der Waals surface area contributed by atoms with Gasteiger partial charge in [-0.3, -0.25) is 9.69 Å². The van der Waals surface area contributed by atoms with Crippen LogP contribution in [-0.4, -0.2) is 94.8 Å². The standard InChI is InChI=1S/C13H20ClNOS.C9H19N3.2C2H6.CH2O2/c1-4-10-15(11(2)3)17(16)13-7-5-6-12(14)8-9-13;1-11-4-6-12(7-5-11)9-2-3-10-8-9;2*1-2;2-1-3/h6-9,11H,4-5,10H2,1-3H3;9-10H,2-8H2,1H3;2*1-2H3;1H,(H,2,3). The highest BCUT2D eigenvalue weighted by molar-refractivity contribution is 7.86. The Bertz CT molecular complexity index is 657. The zero-order valence-electron chi connectivity index (χ0n) is 24.0. The maximum atomic E-state index is 12.4. The molecule has 9 heteroatoms. The summed E-state index contributed by atoms with van der Waals surface area (Å²) < 4.78 is 14.4. The maximum absolute atomic E-state index is 12.4. The first-order valence-corrected chi connectivity index (χ1v) is 15.0. The largest absolute Gasteiger partial charge is 0.483 e. The van der Waals surface area contributed by atoms with Crippen LogP contribution in [0.4, 0.5) is 0 Å². The Labute approximate surface area is 229 Å². The lowest BCUT2D eigenvalue weighted by Gasteiger charge is -2.36. The van der Waals surface area contributed by atoms with Crippen molar-refractivity contribution in [1.29, 1.82) is 0 Å². The third-order valence-electron chi connectivity index (χ3n) is 5.56. The zero-order valence-corrected chi connectivity index (χ0v) is 25.6. The Hall–Kier alpha value is -1.03. The van der Waals surface area contributed by atoms with Gasteiger partial charge in [0.05, 0.1) is 4.91 Å². The van der Waals surface area contributed by atoms with Gasteiger partial charge in [0, 0.05) is 56.4 Å². The fourth-order valence-corrected chi connectivity index (χ4v) is 5.32. The van der Waals surface area contributed by atoms with Crippen molar-refractivity contribution in [2.75, 3.05) is 52.9 Å². The van der Waals surface area contributed by atoms with Gasteiger partial charge in [0.2, 0.25) is 0 Å². The first-order valence-electron chi connectivity index (χ1n) is 13.5. The van der Waals surface area contributed by atoms with E-state index in [0.29, 0.717) is 5.03 Å². The monoisotopic (exact) mass is 548 g/mol. The number of nitrogens with one attached hydrogen (secondary N) is 1. The van der Waals surface area contributed by atoms with Crippen LogP contribution in [0.5, 0.6) is 0 Å². The molecule has 2 unspecified atom stereocenters. The van der Waals surface area contributed by atoms with Crippen LogP contribution in [0.1, 0.15) is 67.7 Å². The first-order chi connectivity index (χ1) is 17.3. The molecule has 2 N–H and O–H groups in total. The Balaban J connectivity index is 0. The Morgan fingerprint density at radius 1 is 1.17 bits per heavy atom. The number of carbonyl (C=O) groups is 1. The Kier molecular flexibility index (Phi) is 25.1. The van der Waals surface area contributed by atoms with Gasteiger partial charge in [-0.25, -0.2) is 8.51 Å². The zero-order chi connectivity index (χ0) is 27.9. The van der Waals surface area contributed by atoms with Gasteiger partial charge in [0.1, 0.15) is 11.0 Å². The maximum Gasteiger partial charge on any atom is 0.290 e. The van der Waals surface area contributed by atoms with Crippen LogP contribution >= 0.6 is 11.6 Å². The van der Waals surface area contributed by atoms with Crippen LogP contribution in [0, 0.1) is 0 Å². The van der Waals surface area contributed by atoms with Crippen molar-refractivity contribution >= 4 is 29.1 Å².